The molecule has 3 rings (SSSR count). The van der Waals surface area contributed by atoms with E-state index in [1.165, 1.54) is 0 Å². The highest BCUT2D eigenvalue weighted by Gasteiger charge is 2.07. The molecule has 0 aliphatic rings. The zero-order chi connectivity index (χ0) is 15.2. The Bertz CT molecular complexity index is 793. The molecule has 0 N–H and O–H groups in total. The van der Waals surface area contributed by atoms with E-state index in [4.69, 9.17) is 4.74 Å². The SMILES string of the molecule is N#Cc1cc(OCc2ccccc2)ccc1-c1cccnc1. The third-order valence-corrected chi connectivity index (χ3v) is 3.33. The van der Waals surface area contributed by atoms with Crippen molar-refractivity contribution in [3.8, 4) is 22.9 Å². The van der Waals surface area contributed by atoms with E-state index in [1.807, 2.05) is 54.6 Å². The third-order valence-electron chi connectivity index (χ3n) is 3.33. The van der Waals surface area contributed by atoms with Gasteiger partial charge in [0.15, 0.2) is 0 Å². The molecule has 0 radical (unpaired) electrons. The van der Waals surface area contributed by atoms with Crippen LogP contribution in [-0.4, -0.2) is 4.98 Å². The van der Waals surface area contributed by atoms with E-state index >= 15 is 0 Å². The number of pyridine rings is 1. The first-order valence-corrected chi connectivity index (χ1v) is 6.98. The zero-order valence-corrected chi connectivity index (χ0v) is 11.9. The lowest BCUT2D eigenvalue weighted by Gasteiger charge is -2.09. The van der Waals surface area contributed by atoms with Crippen molar-refractivity contribution in [1.82, 2.24) is 4.98 Å². The van der Waals surface area contributed by atoms with E-state index in [1.54, 1.807) is 18.5 Å². The summed E-state index contributed by atoms with van der Waals surface area (Å²) >= 11 is 0. The van der Waals surface area contributed by atoms with Crippen molar-refractivity contribution in [3.63, 3.8) is 0 Å². The average Bonchev–Trinajstić information content (AvgIpc) is 2.61. The van der Waals surface area contributed by atoms with Gasteiger partial charge in [-0.05, 0) is 29.8 Å². The molecule has 106 valence electrons. The van der Waals surface area contributed by atoms with E-state index in [-0.39, 0.29) is 0 Å². The number of hydrogen-bond donors (Lipinski definition) is 0. The van der Waals surface area contributed by atoms with Crippen molar-refractivity contribution in [3.05, 3.63) is 84.2 Å². The fraction of sp³-hybridized carbons (Fsp3) is 0.0526. The number of benzene rings is 2. The van der Waals surface area contributed by atoms with Crippen LogP contribution in [0.2, 0.25) is 0 Å². The molecule has 22 heavy (non-hydrogen) atoms. The van der Waals surface area contributed by atoms with Gasteiger partial charge in [0.2, 0.25) is 0 Å². The Morgan fingerprint density at radius 3 is 2.59 bits per heavy atom. The zero-order valence-electron chi connectivity index (χ0n) is 11.9. The average molecular weight is 286 g/mol. The first-order valence-electron chi connectivity index (χ1n) is 6.98. The molecule has 0 bridgehead atoms. The maximum absolute atomic E-state index is 9.36. The third kappa shape index (κ3) is 3.13. The number of aromatic nitrogens is 1. The van der Waals surface area contributed by atoms with Crippen LogP contribution < -0.4 is 4.74 Å². The van der Waals surface area contributed by atoms with Gasteiger partial charge in [-0.25, -0.2) is 0 Å². The van der Waals surface area contributed by atoms with Crippen molar-refractivity contribution in [2.45, 2.75) is 6.61 Å². The van der Waals surface area contributed by atoms with Gasteiger partial charge in [0.1, 0.15) is 12.4 Å². The molecule has 2 aromatic carbocycles. The second-order valence-electron chi connectivity index (χ2n) is 4.84. The first kappa shape index (κ1) is 13.8. The summed E-state index contributed by atoms with van der Waals surface area (Å²) in [6, 6.07) is 21.5. The highest BCUT2D eigenvalue weighted by atomic mass is 16.5. The molecule has 0 spiro atoms. The molecular weight excluding hydrogens is 272 g/mol. The summed E-state index contributed by atoms with van der Waals surface area (Å²) in [6.07, 6.45) is 3.47. The molecule has 0 saturated carbocycles. The van der Waals surface area contributed by atoms with Gasteiger partial charge in [0.05, 0.1) is 11.6 Å². The van der Waals surface area contributed by atoms with Crippen LogP contribution in [0.1, 0.15) is 11.1 Å². The fourth-order valence-corrected chi connectivity index (χ4v) is 2.22. The summed E-state index contributed by atoms with van der Waals surface area (Å²) in [5.41, 5.74) is 3.47. The lowest BCUT2D eigenvalue weighted by atomic mass is 10.0. The molecule has 3 aromatic rings. The van der Waals surface area contributed by atoms with Gasteiger partial charge >= 0.3 is 0 Å². The van der Waals surface area contributed by atoms with E-state index in [0.29, 0.717) is 17.9 Å². The van der Waals surface area contributed by atoms with Crippen LogP contribution in [0.4, 0.5) is 0 Å². The van der Waals surface area contributed by atoms with Crippen molar-refractivity contribution >= 4 is 0 Å². The van der Waals surface area contributed by atoms with E-state index in [9.17, 15) is 5.26 Å². The van der Waals surface area contributed by atoms with E-state index in [2.05, 4.69) is 11.1 Å². The number of nitrogens with zero attached hydrogens (tertiary/aromatic N) is 2. The molecule has 0 aliphatic heterocycles. The second-order valence-corrected chi connectivity index (χ2v) is 4.84. The number of ether oxygens (including phenoxy) is 1. The van der Waals surface area contributed by atoms with Crippen molar-refractivity contribution < 1.29 is 4.74 Å². The Kier molecular flexibility index (Phi) is 4.12. The van der Waals surface area contributed by atoms with Crippen molar-refractivity contribution in [1.29, 1.82) is 5.26 Å². The summed E-state index contributed by atoms with van der Waals surface area (Å²) in [7, 11) is 0. The smallest absolute Gasteiger partial charge is 0.121 e. The van der Waals surface area contributed by atoms with Crippen molar-refractivity contribution in [2.75, 3.05) is 0 Å². The number of hydrogen-bond acceptors (Lipinski definition) is 3. The molecule has 0 saturated heterocycles. The van der Waals surface area contributed by atoms with Crippen LogP contribution in [0.25, 0.3) is 11.1 Å². The predicted octanol–water partition coefficient (Wildman–Crippen LogP) is 4.20. The Hall–Kier alpha value is -3.12. The number of nitriles is 1. The minimum atomic E-state index is 0.484. The molecule has 1 heterocycles. The molecule has 1 aromatic heterocycles. The highest BCUT2D eigenvalue weighted by Crippen LogP contribution is 2.26. The maximum atomic E-state index is 9.36. The quantitative estimate of drug-likeness (QED) is 0.722. The van der Waals surface area contributed by atoms with E-state index in [0.717, 1.165) is 16.7 Å². The van der Waals surface area contributed by atoms with Gasteiger partial charge in [-0.2, -0.15) is 5.26 Å². The van der Waals surface area contributed by atoms with Crippen LogP contribution >= 0.6 is 0 Å². The molecule has 0 fully saturated rings. The second kappa shape index (κ2) is 6.55. The van der Waals surface area contributed by atoms with Crippen LogP contribution in [0.15, 0.2) is 73.1 Å². The topological polar surface area (TPSA) is 45.9 Å². The molecule has 3 nitrogen and oxygen atoms in total. The highest BCUT2D eigenvalue weighted by molar-refractivity contribution is 5.70. The molecule has 0 amide bonds. The lowest BCUT2D eigenvalue weighted by molar-refractivity contribution is 0.306. The van der Waals surface area contributed by atoms with Gasteiger partial charge in [-0.1, -0.05) is 36.4 Å². The molecule has 0 aliphatic carbocycles. The minimum absolute atomic E-state index is 0.484. The van der Waals surface area contributed by atoms with Gasteiger partial charge in [0, 0.05) is 23.5 Å². The monoisotopic (exact) mass is 286 g/mol. The largest absolute Gasteiger partial charge is 0.489 e. The van der Waals surface area contributed by atoms with Gasteiger partial charge in [-0.3, -0.25) is 4.98 Å². The van der Waals surface area contributed by atoms with Crippen LogP contribution in [-0.2, 0) is 6.61 Å². The van der Waals surface area contributed by atoms with Crippen LogP contribution in [0.3, 0.4) is 0 Å². The summed E-state index contributed by atoms with van der Waals surface area (Å²) in [5.74, 6) is 0.688. The molecule has 0 atom stereocenters. The Morgan fingerprint density at radius 1 is 1.00 bits per heavy atom. The van der Waals surface area contributed by atoms with Gasteiger partial charge < -0.3 is 4.74 Å². The van der Waals surface area contributed by atoms with Gasteiger partial charge in [-0.15, -0.1) is 0 Å². The summed E-state index contributed by atoms with van der Waals surface area (Å²) in [4.78, 5) is 4.09. The van der Waals surface area contributed by atoms with Gasteiger partial charge in [0.25, 0.3) is 0 Å². The Morgan fingerprint density at radius 2 is 1.86 bits per heavy atom. The summed E-state index contributed by atoms with van der Waals surface area (Å²) < 4.78 is 5.76. The Balaban J connectivity index is 1.82. The normalized spacial score (nSPS) is 9.95. The van der Waals surface area contributed by atoms with Crippen LogP contribution in [0.5, 0.6) is 5.75 Å². The maximum Gasteiger partial charge on any atom is 0.121 e. The summed E-state index contributed by atoms with van der Waals surface area (Å²) in [5, 5.41) is 9.36. The fourth-order valence-electron chi connectivity index (χ4n) is 2.22. The van der Waals surface area contributed by atoms with E-state index < -0.39 is 0 Å². The molecule has 0 unspecified atom stereocenters. The standard InChI is InChI=1S/C19H14N2O/c20-12-17-11-18(22-14-15-5-2-1-3-6-15)8-9-19(17)16-7-4-10-21-13-16/h1-11,13H,14H2. The Labute approximate surface area is 129 Å². The predicted molar refractivity (Wildman–Crippen MR) is 85.2 cm³/mol. The van der Waals surface area contributed by atoms with Crippen LogP contribution in [0, 0.1) is 11.3 Å². The van der Waals surface area contributed by atoms with Crippen molar-refractivity contribution in [2.24, 2.45) is 0 Å². The number of rotatable bonds is 4. The molecule has 3 heteroatoms. The minimum Gasteiger partial charge on any atom is -0.489 e. The summed E-state index contributed by atoms with van der Waals surface area (Å²) in [6.45, 7) is 0.484. The first-order chi connectivity index (χ1) is 10.9. The lowest BCUT2D eigenvalue weighted by Crippen LogP contribution is -1.96. The molecular formula is C19H14N2O.